The SMILES string of the molecule is [N-]=[N+]=NCCC=Cc1ccc(Cl)cc1Cl. The van der Waals surface area contributed by atoms with Crippen LogP contribution in [0.4, 0.5) is 0 Å². The highest BCUT2D eigenvalue weighted by Gasteiger charge is 1.96. The van der Waals surface area contributed by atoms with E-state index in [9.17, 15) is 0 Å². The van der Waals surface area contributed by atoms with Crippen LogP contribution in [0.25, 0.3) is 16.5 Å². The van der Waals surface area contributed by atoms with E-state index in [-0.39, 0.29) is 0 Å². The average molecular weight is 242 g/mol. The van der Waals surface area contributed by atoms with Gasteiger partial charge in [0, 0.05) is 21.5 Å². The number of nitrogens with zero attached hydrogens (tertiary/aromatic N) is 3. The Morgan fingerprint density at radius 3 is 2.87 bits per heavy atom. The number of hydrogen-bond donors (Lipinski definition) is 0. The highest BCUT2D eigenvalue weighted by atomic mass is 35.5. The highest BCUT2D eigenvalue weighted by molar-refractivity contribution is 6.35. The van der Waals surface area contributed by atoms with Crippen LogP contribution in [0, 0.1) is 0 Å². The molecular weight excluding hydrogens is 233 g/mol. The Labute approximate surface area is 97.9 Å². The third kappa shape index (κ3) is 4.26. The minimum absolute atomic E-state index is 0.457. The lowest BCUT2D eigenvalue weighted by atomic mass is 10.2. The molecule has 0 N–H and O–H groups in total. The zero-order chi connectivity index (χ0) is 11.1. The van der Waals surface area contributed by atoms with Crippen LogP contribution in [-0.2, 0) is 0 Å². The molecule has 0 aromatic heterocycles. The zero-order valence-corrected chi connectivity index (χ0v) is 9.41. The molecule has 0 atom stereocenters. The van der Waals surface area contributed by atoms with Gasteiger partial charge in [-0.05, 0) is 29.6 Å². The summed E-state index contributed by atoms with van der Waals surface area (Å²) in [4.78, 5) is 2.66. The van der Waals surface area contributed by atoms with Gasteiger partial charge in [0.2, 0.25) is 0 Å². The quantitative estimate of drug-likeness (QED) is 0.318. The first kappa shape index (κ1) is 11.9. The summed E-state index contributed by atoms with van der Waals surface area (Å²) in [6.45, 7) is 0.457. The number of rotatable bonds is 4. The molecule has 0 saturated heterocycles. The van der Waals surface area contributed by atoms with Crippen molar-refractivity contribution in [1.29, 1.82) is 0 Å². The zero-order valence-electron chi connectivity index (χ0n) is 7.90. The number of hydrogen-bond acceptors (Lipinski definition) is 1. The lowest BCUT2D eigenvalue weighted by Gasteiger charge is -1.97. The van der Waals surface area contributed by atoms with E-state index in [4.69, 9.17) is 28.7 Å². The number of azide groups is 1. The standard InChI is InChI=1S/C10H9Cl2N3/c11-9-5-4-8(10(12)7-9)3-1-2-6-14-15-13/h1,3-5,7H,2,6H2. The summed E-state index contributed by atoms with van der Waals surface area (Å²) in [6.07, 6.45) is 4.48. The van der Waals surface area contributed by atoms with Gasteiger partial charge in [-0.25, -0.2) is 0 Å². The summed E-state index contributed by atoms with van der Waals surface area (Å²) >= 11 is 11.7. The summed E-state index contributed by atoms with van der Waals surface area (Å²) in [5.74, 6) is 0. The molecule has 1 rings (SSSR count). The van der Waals surface area contributed by atoms with Crippen LogP contribution in [0.2, 0.25) is 10.0 Å². The molecule has 5 heteroatoms. The van der Waals surface area contributed by atoms with E-state index in [0.717, 1.165) is 5.56 Å². The predicted molar refractivity (Wildman–Crippen MR) is 64.1 cm³/mol. The van der Waals surface area contributed by atoms with E-state index in [1.54, 1.807) is 12.1 Å². The number of benzene rings is 1. The maximum Gasteiger partial charge on any atom is 0.0493 e. The van der Waals surface area contributed by atoms with Crippen LogP contribution >= 0.6 is 23.2 Å². The first-order valence-corrected chi connectivity index (χ1v) is 5.12. The van der Waals surface area contributed by atoms with Crippen LogP contribution in [-0.4, -0.2) is 6.54 Å². The minimum Gasteiger partial charge on any atom is -0.0937 e. The van der Waals surface area contributed by atoms with Crippen LogP contribution in [0.5, 0.6) is 0 Å². The highest BCUT2D eigenvalue weighted by Crippen LogP contribution is 2.21. The molecule has 0 radical (unpaired) electrons. The second-order valence-corrected chi connectivity index (χ2v) is 3.65. The van der Waals surface area contributed by atoms with Crippen LogP contribution in [0.3, 0.4) is 0 Å². The molecule has 1 aromatic carbocycles. The summed E-state index contributed by atoms with van der Waals surface area (Å²) in [5, 5.41) is 4.65. The van der Waals surface area contributed by atoms with Gasteiger partial charge in [0.05, 0.1) is 0 Å². The molecule has 3 nitrogen and oxygen atoms in total. The van der Waals surface area contributed by atoms with E-state index < -0.39 is 0 Å². The smallest absolute Gasteiger partial charge is 0.0493 e. The molecule has 0 fully saturated rings. The van der Waals surface area contributed by atoms with Gasteiger partial charge in [0.25, 0.3) is 0 Å². The maximum absolute atomic E-state index is 8.06. The molecule has 78 valence electrons. The Morgan fingerprint density at radius 2 is 2.20 bits per heavy atom. The third-order valence-electron chi connectivity index (χ3n) is 1.72. The molecule has 0 saturated carbocycles. The molecular formula is C10H9Cl2N3. The molecule has 0 aliphatic carbocycles. The second kappa shape index (κ2) is 6.36. The Kier molecular flexibility index (Phi) is 5.05. The molecule has 0 amide bonds. The second-order valence-electron chi connectivity index (χ2n) is 2.81. The largest absolute Gasteiger partial charge is 0.0937 e. The molecule has 15 heavy (non-hydrogen) atoms. The van der Waals surface area contributed by atoms with E-state index in [1.165, 1.54) is 0 Å². The van der Waals surface area contributed by atoms with Gasteiger partial charge in [0.1, 0.15) is 0 Å². The van der Waals surface area contributed by atoms with Crippen LogP contribution in [0.1, 0.15) is 12.0 Å². The Bertz CT molecular complexity index is 409. The summed E-state index contributed by atoms with van der Waals surface area (Å²) in [5.41, 5.74) is 8.96. The predicted octanol–water partition coefficient (Wildman–Crippen LogP) is 4.71. The Balaban J connectivity index is 2.60. The minimum atomic E-state index is 0.457. The van der Waals surface area contributed by atoms with Gasteiger partial charge in [-0.1, -0.05) is 46.5 Å². The molecule has 0 spiro atoms. The molecule has 1 aromatic rings. The van der Waals surface area contributed by atoms with Gasteiger partial charge >= 0.3 is 0 Å². The molecule has 0 bridgehead atoms. The topological polar surface area (TPSA) is 48.8 Å². The van der Waals surface area contributed by atoms with Crippen molar-refractivity contribution in [3.63, 3.8) is 0 Å². The van der Waals surface area contributed by atoms with Crippen molar-refractivity contribution in [1.82, 2.24) is 0 Å². The van der Waals surface area contributed by atoms with E-state index in [0.29, 0.717) is 23.0 Å². The lowest BCUT2D eigenvalue weighted by Crippen LogP contribution is -1.76. The van der Waals surface area contributed by atoms with Gasteiger partial charge in [-0.15, -0.1) is 0 Å². The number of halogens is 2. The van der Waals surface area contributed by atoms with Crippen molar-refractivity contribution < 1.29 is 0 Å². The molecule has 0 aliphatic rings. The first-order valence-electron chi connectivity index (χ1n) is 4.36. The van der Waals surface area contributed by atoms with E-state index >= 15 is 0 Å². The van der Waals surface area contributed by atoms with Gasteiger partial charge in [-0.3, -0.25) is 0 Å². The maximum atomic E-state index is 8.06. The third-order valence-corrected chi connectivity index (χ3v) is 2.28. The fraction of sp³-hybridized carbons (Fsp3) is 0.200. The average Bonchev–Trinajstić information content (AvgIpc) is 2.20. The van der Waals surface area contributed by atoms with E-state index in [1.807, 2.05) is 18.2 Å². The van der Waals surface area contributed by atoms with Crippen LogP contribution in [0.15, 0.2) is 29.4 Å². The monoisotopic (exact) mass is 241 g/mol. The fourth-order valence-corrected chi connectivity index (χ4v) is 1.50. The van der Waals surface area contributed by atoms with Crippen molar-refractivity contribution in [2.24, 2.45) is 5.11 Å². The summed E-state index contributed by atoms with van der Waals surface area (Å²) in [7, 11) is 0. The lowest BCUT2D eigenvalue weighted by molar-refractivity contribution is 0.996. The fourth-order valence-electron chi connectivity index (χ4n) is 1.02. The van der Waals surface area contributed by atoms with Gasteiger partial charge in [-0.2, -0.15) is 0 Å². The first-order chi connectivity index (χ1) is 7.24. The molecule has 0 aliphatic heterocycles. The van der Waals surface area contributed by atoms with Crippen molar-refractivity contribution in [2.75, 3.05) is 6.54 Å². The molecule has 0 unspecified atom stereocenters. The molecule has 0 heterocycles. The van der Waals surface area contributed by atoms with Gasteiger partial charge < -0.3 is 0 Å². The summed E-state index contributed by atoms with van der Waals surface area (Å²) < 4.78 is 0. The van der Waals surface area contributed by atoms with Crippen molar-refractivity contribution in [3.8, 4) is 0 Å². The Morgan fingerprint density at radius 1 is 1.40 bits per heavy atom. The van der Waals surface area contributed by atoms with Crippen LogP contribution < -0.4 is 0 Å². The van der Waals surface area contributed by atoms with Crippen molar-refractivity contribution >= 4 is 29.3 Å². The van der Waals surface area contributed by atoms with Crippen molar-refractivity contribution in [3.05, 3.63) is 50.3 Å². The Hall–Kier alpha value is -1.15. The van der Waals surface area contributed by atoms with E-state index in [2.05, 4.69) is 10.0 Å². The summed E-state index contributed by atoms with van der Waals surface area (Å²) in [6, 6.07) is 5.31. The van der Waals surface area contributed by atoms with Gasteiger partial charge in [0.15, 0.2) is 0 Å². The normalized spacial score (nSPS) is 10.3. The van der Waals surface area contributed by atoms with Crippen molar-refractivity contribution in [2.45, 2.75) is 6.42 Å².